The van der Waals surface area contributed by atoms with Gasteiger partial charge in [0, 0.05) is 13.1 Å². The minimum absolute atomic E-state index is 0.0448. The molecule has 0 amide bonds. The van der Waals surface area contributed by atoms with E-state index in [4.69, 9.17) is 0 Å². The van der Waals surface area contributed by atoms with Crippen molar-refractivity contribution in [1.29, 1.82) is 0 Å². The third-order valence-electron chi connectivity index (χ3n) is 2.31. The van der Waals surface area contributed by atoms with Crippen molar-refractivity contribution in [1.82, 2.24) is 9.05 Å². The summed E-state index contributed by atoms with van der Waals surface area (Å²) >= 11 is 0. The molecule has 0 N–H and O–H groups in total. The van der Waals surface area contributed by atoms with Crippen LogP contribution < -0.4 is 0 Å². The van der Waals surface area contributed by atoms with Gasteiger partial charge < -0.3 is 0 Å². The topological polar surface area (TPSA) is 40.6 Å². The van der Waals surface area contributed by atoms with Crippen LogP contribution in [0.1, 0.15) is 13.8 Å². The van der Waals surface area contributed by atoms with E-state index in [1.165, 1.54) is 13.8 Å². The lowest BCUT2D eigenvalue weighted by molar-refractivity contribution is -0.419. The van der Waals surface area contributed by atoms with E-state index in [2.05, 4.69) is 0 Å². The van der Waals surface area contributed by atoms with Crippen molar-refractivity contribution in [2.24, 2.45) is 0 Å². The molecule has 0 fully saturated rings. The maximum absolute atomic E-state index is 11.6. The van der Waals surface area contributed by atoms with Gasteiger partial charge in [-0.05, 0) is 0 Å². The summed E-state index contributed by atoms with van der Waals surface area (Å²) in [5, 5.41) is 0. The molecule has 0 aromatic heterocycles. The molecule has 0 aliphatic carbocycles. The first kappa shape index (κ1) is 26.3. The Bertz CT molecular complexity index is 484. The second-order valence-corrected chi connectivity index (χ2v) is 5.60. The molecule has 0 radical (unpaired) electrons. The molecular weight excluding hydrogens is 416 g/mol. The Morgan fingerprint density at radius 3 is 1.00 bits per heavy atom. The molecule has 17 heteroatoms. The number of nitrogens with zero attached hydrogens (tertiary/aromatic N) is 2. The summed E-state index contributed by atoms with van der Waals surface area (Å²) < 4.78 is 157. The highest BCUT2D eigenvalue weighted by Gasteiger charge is 2.82. The van der Waals surface area contributed by atoms with Crippen LogP contribution in [0.3, 0.4) is 0 Å². The fourth-order valence-corrected chi connectivity index (χ4v) is 1.82. The van der Waals surface area contributed by atoms with Gasteiger partial charge in [0.2, 0.25) is 0 Å². The van der Waals surface area contributed by atoms with Crippen LogP contribution in [0.4, 0.5) is 52.9 Å². The van der Waals surface area contributed by atoms with Crippen molar-refractivity contribution < 1.29 is 61.3 Å². The van der Waals surface area contributed by atoms with Gasteiger partial charge in [-0.2, -0.15) is 56.6 Å². The SMILES string of the molecule is CCN(CC)S(=O)(=O)N(F)F.FC(F)(F)C(F)(F)C(F)(F)C(F)(F)F. The minimum Gasteiger partial charge on any atom is -0.190 e. The Labute approximate surface area is 133 Å². The number of alkyl halides is 10. The van der Waals surface area contributed by atoms with E-state index in [9.17, 15) is 61.3 Å². The normalized spacial score (nSPS) is 14.6. The van der Waals surface area contributed by atoms with E-state index in [1.54, 1.807) is 0 Å². The van der Waals surface area contributed by atoms with Crippen LogP contribution in [0, 0.1) is 0 Å². The Hall–Kier alpha value is -0.970. The van der Waals surface area contributed by atoms with Gasteiger partial charge in [0.25, 0.3) is 0 Å². The van der Waals surface area contributed by atoms with Gasteiger partial charge in [-0.25, -0.2) is 0 Å². The lowest BCUT2D eigenvalue weighted by Gasteiger charge is -2.29. The molecule has 25 heavy (non-hydrogen) atoms. The minimum atomic E-state index is -7.14. The number of halogens is 12. The molecule has 0 aromatic carbocycles. The van der Waals surface area contributed by atoms with Crippen LogP contribution in [-0.2, 0) is 10.2 Å². The van der Waals surface area contributed by atoms with Gasteiger partial charge in [0.05, 0.1) is 0 Å². The average Bonchev–Trinajstić information content (AvgIpc) is 2.37. The third-order valence-corrected chi connectivity index (χ3v) is 3.83. The van der Waals surface area contributed by atoms with E-state index in [0.717, 1.165) is 0 Å². The third kappa shape index (κ3) is 5.77. The fraction of sp³-hybridized carbons (Fsp3) is 1.00. The van der Waals surface area contributed by atoms with E-state index in [0.29, 0.717) is 4.31 Å². The molecule has 0 spiro atoms. The van der Waals surface area contributed by atoms with Gasteiger partial charge in [0.15, 0.2) is 4.75 Å². The highest BCUT2D eigenvalue weighted by Crippen LogP contribution is 2.53. The lowest BCUT2D eigenvalue weighted by atomic mass is 10.1. The van der Waals surface area contributed by atoms with Gasteiger partial charge >= 0.3 is 34.4 Å². The molecule has 0 aliphatic heterocycles. The first-order chi connectivity index (χ1) is 10.7. The summed E-state index contributed by atoms with van der Waals surface area (Å²) in [6, 6.07) is 0. The van der Waals surface area contributed by atoms with Gasteiger partial charge in [0.1, 0.15) is 0 Å². The summed E-state index contributed by atoms with van der Waals surface area (Å²) in [7, 11) is -4.51. The van der Waals surface area contributed by atoms with E-state index in [-0.39, 0.29) is 13.1 Å². The molecule has 0 aliphatic rings. The molecule has 0 bridgehead atoms. The van der Waals surface area contributed by atoms with Crippen LogP contribution in [-0.4, -0.2) is 54.8 Å². The molecule has 154 valence electrons. The molecule has 0 atom stereocenters. The molecule has 0 saturated carbocycles. The van der Waals surface area contributed by atoms with Gasteiger partial charge in [-0.1, -0.05) is 22.8 Å². The van der Waals surface area contributed by atoms with Crippen LogP contribution in [0.5, 0.6) is 0 Å². The van der Waals surface area contributed by atoms with Crippen molar-refractivity contribution in [3.63, 3.8) is 0 Å². The maximum Gasteiger partial charge on any atom is 0.460 e. The molecule has 0 rings (SSSR count). The molecule has 0 aromatic rings. The smallest absolute Gasteiger partial charge is 0.190 e. The zero-order chi connectivity index (χ0) is 21.1. The zero-order valence-electron chi connectivity index (χ0n) is 12.1. The molecule has 4 nitrogen and oxygen atoms in total. The first-order valence-corrected chi connectivity index (χ1v) is 7.12. The number of hydrogen-bond acceptors (Lipinski definition) is 2. The van der Waals surface area contributed by atoms with Crippen LogP contribution in [0.25, 0.3) is 0 Å². The Balaban J connectivity index is 0. The fourth-order valence-electron chi connectivity index (χ4n) is 0.993. The highest BCUT2D eigenvalue weighted by molar-refractivity contribution is 7.86. The number of hydrogen-bond donors (Lipinski definition) is 0. The molecule has 0 saturated heterocycles. The number of rotatable bonds is 5. The predicted octanol–water partition coefficient (Wildman–Crippen LogP) is 4.03. The van der Waals surface area contributed by atoms with Crippen molar-refractivity contribution >= 4 is 10.2 Å². The van der Waals surface area contributed by atoms with E-state index >= 15 is 0 Å². The molecule has 0 heterocycles. The maximum atomic E-state index is 11.6. The van der Waals surface area contributed by atoms with E-state index < -0.39 is 39.2 Å². The van der Waals surface area contributed by atoms with Crippen molar-refractivity contribution in [2.75, 3.05) is 13.1 Å². The monoisotopic (exact) mass is 426 g/mol. The van der Waals surface area contributed by atoms with Crippen LogP contribution in [0.2, 0.25) is 0 Å². The summed E-state index contributed by atoms with van der Waals surface area (Å²) in [5.74, 6) is -14.3. The Morgan fingerprint density at radius 2 is 0.920 bits per heavy atom. The molecular formula is C8H10F12N2O2S. The van der Waals surface area contributed by atoms with Crippen LogP contribution >= 0.6 is 0 Å². The Morgan fingerprint density at radius 1 is 0.680 bits per heavy atom. The molecule has 0 unspecified atom stereocenters. The lowest BCUT2D eigenvalue weighted by Crippen LogP contribution is -2.59. The van der Waals surface area contributed by atoms with Gasteiger partial charge in [-0.15, -0.1) is 0 Å². The summed E-state index contributed by atoms with van der Waals surface area (Å²) in [4.78, 5) is 0. The quantitative estimate of drug-likeness (QED) is 0.492. The second-order valence-electron chi connectivity index (χ2n) is 3.91. The summed E-state index contributed by atoms with van der Waals surface area (Å²) in [6.45, 7) is 3.07. The average molecular weight is 426 g/mol. The predicted molar refractivity (Wildman–Crippen MR) is 57.9 cm³/mol. The summed E-state index contributed by atoms with van der Waals surface area (Å²) in [5.41, 5.74) is 0. The second kappa shape index (κ2) is 8.15. The van der Waals surface area contributed by atoms with Gasteiger partial charge in [-0.3, -0.25) is 0 Å². The van der Waals surface area contributed by atoms with Crippen molar-refractivity contribution in [3.05, 3.63) is 0 Å². The zero-order valence-corrected chi connectivity index (χ0v) is 12.9. The van der Waals surface area contributed by atoms with Crippen molar-refractivity contribution in [3.8, 4) is 0 Å². The largest absolute Gasteiger partial charge is 0.460 e. The standard InChI is InChI=1S/C4F10.C4H10F2N2O2S/c5-1(6,3(9,10)11)2(7,8)4(12,13)14;1-3-7(4-2)11(9,10)8(5)6/h;3-4H2,1-2H3. The van der Waals surface area contributed by atoms with E-state index in [1.807, 2.05) is 0 Å². The Kier molecular flexibility index (Phi) is 8.56. The van der Waals surface area contributed by atoms with Crippen LogP contribution in [0.15, 0.2) is 0 Å². The summed E-state index contributed by atoms with van der Waals surface area (Å²) in [6.07, 6.45) is -13.9. The first-order valence-electron chi connectivity index (χ1n) is 5.72. The van der Waals surface area contributed by atoms with Crippen molar-refractivity contribution in [2.45, 2.75) is 38.0 Å². The highest BCUT2D eigenvalue weighted by atomic mass is 32.2.